The van der Waals surface area contributed by atoms with E-state index in [1.165, 1.54) is 12.8 Å². The molecule has 1 saturated carbocycles. The predicted molar refractivity (Wildman–Crippen MR) is 84.3 cm³/mol. The number of amides is 2. The second kappa shape index (κ2) is 8.54. The minimum atomic E-state index is -0.430. The van der Waals surface area contributed by atoms with Crippen LogP contribution in [-0.4, -0.2) is 37.6 Å². The molecule has 1 aromatic carbocycles. The third kappa shape index (κ3) is 6.26. The number of carbonyl (C=O) groups excluding carboxylic acids is 2. The summed E-state index contributed by atoms with van der Waals surface area (Å²) in [5, 5.41) is 5.56. The van der Waals surface area contributed by atoms with Gasteiger partial charge in [0.1, 0.15) is 6.10 Å². The van der Waals surface area contributed by atoms with E-state index in [1.807, 2.05) is 30.3 Å². The van der Waals surface area contributed by atoms with Crippen molar-refractivity contribution < 1.29 is 14.3 Å². The minimum Gasteiger partial charge on any atom is -0.368 e. The fraction of sp³-hybridized carbons (Fsp3) is 0.529. The Bertz CT molecular complexity index is 486. The molecule has 2 rings (SSSR count). The zero-order valence-corrected chi connectivity index (χ0v) is 13.0. The predicted octanol–water partition coefficient (Wildman–Crippen LogP) is 1.28. The molecule has 5 nitrogen and oxygen atoms in total. The minimum absolute atomic E-state index is 0.0431. The number of hydrogen-bond acceptors (Lipinski definition) is 3. The average molecular weight is 304 g/mol. The average Bonchev–Trinajstić information content (AvgIpc) is 3.34. The molecular formula is C17H24N2O3. The monoisotopic (exact) mass is 304 g/mol. The SMILES string of the molecule is C[C@H](OCC1CC1)C(=O)NCCNC(=O)Cc1ccccc1. The Morgan fingerprint density at radius 2 is 1.86 bits per heavy atom. The summed E-state index contributed by atoms with van der Waals surface area (Å²) in [6.07, 6.45) is 2.35. The summed E-state index contributed by atoms with van der Waals surface area (Å²) in [5.41, 5.74) is 0.978. The van der Waals surface area contributed by atoms with Crippen molar-refractivity contribution in [1.82, 2.24) is 10.6 Å². The quantitative estimate of drug-likeness (QED) is 0.675. The second-order valence-electron chi connectivity index (χ2n) is 5.72. The smallest absolute Gasteiger partial charge is 0.248 e. The van der Waals surface area contributed by atoms with Crippen molar-refractivity contribution in [3.63, 3.8) is 0 Å². The first-order valence-electron chi connectivity index (χ1n) is 7.85. The van der Waals surface area contributed by atoms with Crippen molar-refractivity contribution in [1.29, 1.82) is 0 Å². The summed E-state index contributed by atoms with van der Waals surface area (Å²) in [6.45, 7) is 3.26. The molecule has 5 heteroatoms. The van der Waals surface area contributed by atoms with Gasteiger partial charge in [0.25, 0.3) is 0 Å². The van der Waals surface area contributed by atoms with Gasteiger partial charge in [-0.25, -0.2) is 0 Å². The first-order valence-corrected chi connectivity index (χ1v) is 7.85. The number of carbonyl (C=O) groups is 2. The van der Waals surface area contributed by atoms with Gasteiger partial charge in [-0.3, -0.25) is 9.59 Å². The van der Waals surface area contributed by atoms with Gasteiger partial charge >= 0.3 is 0 Å². The van der Waals surface area contributed by atoms with E-state index in [2.05, 4.69) is 10.6 Å². The molecule has 22 heavy (non-hydrogen) atoms. The Kier molecular flexibility index (Phi) is 6.40. The lowest BCUT2D eigenvalue weighted by Crippen LogP contribution is -2.40. The van der Waals surface area contributed by atoms with Gasteiger partial charge in [0.05, 0.1) is 13.0 Å². The van der Waals surface area contributed by atoms with E-state index in [4.69, 9.17) is 4.74 Å². The molecule has 2 N–H and O–H groups in total. The van der Waals surface area contributed by atoms with E-state index in [-0.39, 0.29) is 11.8 Å². The Labute approximate surface area is 131 Å². The summed E-state index contributed by atoms with van der Waals surface area (Å²) in [5.74, 6) is 0.476. The van der Waals surface area contributed by atoms with E-state index in [9.17, 15) is 9.59 Å². The van der Waals surface area contributed by atoms with Crippen LogP contribution >= 0.6 is 0 Å². The first-order chi connectivity index (χ1) is 10.6. The Morgan fingerprint density at radius 1 is 1.18 bits per heavy atom. The van der Waals surface area contributed by atoms with Crippen LogP contribution < -0.4 is 10.6 Å². The highest BCUT2D eigenvalue weighted by atomic mass is 16.5. The molecule has 0 aliphatic heterocycles. The van der Waals surface area contributed by atoms with Crippen molar-refractivity contribution >= 4 is 11.8 Å². The fourth-order valence-electron chi connectivity index (χ4n) is 2.02. The van der Waals surface area contributed by atoms with Crippen molar-refractivity contribution in [2.45, 2.75) is 32.3 Å². The highest BCUT2D eigenvalue weighted by Gasteiger charge is 2.23. The number of nitrogens with one attached hydrogen (secondary N) is 2. The van der Waals surface area contributed by atoms with Gasteiger partial charge in [-0.1, -0.05) is 30.3 Å². The normalized spacial score (nSPS) is 15.1. The molecule has 0 spiro atoms. The topological polar surface area (TPSA) is 67.4 Å². The molecule has 1 fully saturated rings. The molecule has 0 bridgehead atoms. The number of rotatable bonds is 9. The molecule has 0 radical (unpaired) electrons. The molecule has 1 aromatic rings. The maximum Gasteiger partial charge on any atom is 0.248 e. The van der Waals surface area contributed by atoms with Crippen LogP contribution in [0.25, 0.3) is 0 Å². The maximum atomic E-state index is 11.8. The molecule has 0 unspecified atom stereocenters. The highest BCUT2D eigenvalue weighted by Crippen LogP contribution is 2.29. The van der Waals surface area contributed by atoms with Crippen LogP contribution in [0.2, 0.25) is 0 Å². The van der Waals surface area contributed by atoms with E-state index in [0.29, 0.717) is 32.0 Å². The first kappa shape index (κ1) is 16.5. The van der Waals surface area contributed by atoms with Crippen LogP contribution in [0.5, 0.6) is 0 Å². The standard InChI is InChI=1S/C17H24N2O3/c1-13(22-12-15-7-8-15)17(21)19-10-9-18-16(20)11-14-5-3-2-4-6-14/h2-6,13,15H,7-12H2,1H3,(H,18,20)(H,19,21)/t13-/m0/s1. The van der Waals surface area contributed by atoms with Crippen molar-refractivity contribution in [3.8, 4) is 0 Å². The number of benzene rings is 1. The van der Waals surface area contributed by atoms with Crippen molar-refractivity contribution in [2.75, 3.05) is 19.7 Å². The van der Waals surface area contributed by atoms with Gasteiger partial charge < -0.3 is 15.4 Å². The highest BCUT2D eigenvalue weighted by molar-refractivity contribution is 5.80. The lowest BCUT2D eigenvalue weighted by molar-refractivity contribution is -0.132. The number of ether oxygens (including phenoxy) is 1. The Hall–Kier alpha value is -1.88. The van der Waals surface area contributed by atoms with Crippen LogP contribution in [0.1, 0.15) is 25.3 Å². The van der Waals surface area contributed by atoms with Crippen LogP contribution in [0.3, 0.4) is 0 Å². The van der Waals surface area contributed by atoms with Gasteiger partial charge in [-0.05, 0) is 31.2 Å². The van der Waals surface area contributed by atoms with Crippen LogP contribution in [-0.2, 0) is 20.7 Å². The summed E-state index contributed by atoms with van der Waals surface area (Å²) < 4.78 is 5.49. The lowest BCUT2D eigenvalue weighted by Gasteiger charge is -2.13. The van der Waals surface area contributed by atoms with E-state index >= 15 is 0 Å². The molecule has 0 saturated heterocycles. The second-order valence-corrected chi connectivity index (χ2v) is 5.72. The lowest BCUT2D eigenvalue weighted by atomic mass is 10.1. The summed E-state index contributed by atoms with van der Waals surface area (Å²) in [4.78, 5) is 23.5. The largest absolute Gasteiger partial charge is 0.368 e. The fourth-order valence-corrected chi connectivity index (χ4v) is 2.02. The molecule has 1 aliphatic carbocycles. The molecule has 0 heterocycles. The summed E-state index contributed by atoms with van der Waals surface area (Å²) in [6, 6.07) is 9.57. The molecule has 0 aromatic heterocycles. The summed E-state index contributed by atoms with van der Waals surface area (Å²) >= 11 is 0. The van der Waals surface area contributed by atoms with Crippen LogP contribution in [0.4, 0.5) is 0 Å². The van der Waals surface area contributed by atoms with E-state index in [0.717, 1.165) is 5.56 Å². The van der Waals surface area contributed by atoms with Crippen LogP contribution in [0, 0.1) is 5.92 Å². The van der Waals surface area contributed by atoms with Crippen molar-refractivity contribution in [2.24, 2.45) is 5.92 Å². The summed E-state index contributed by atoms with van der Waals surface area (Å²) in [7, 11) is 0. The zero-order valence-electron chi connectivity index (χ0n) is 13.0. The molecular weight excluding hydrogens is 280 g/mol. The van der Waals surface area contributed by atoms with Gasteiger partial charge in [-0.15, -0.1) is 0 Å². The van der Waals surface area contributed by atoms with Gasteiger partial charge in [0, 0.05) is 13.1 Å². The maximum absolute atomic E-state index is 11.8. The van der Waals surface area contributed by atoms with Gasteiger partial charge in [0.2, 0.25) is 11.8 Å². The van der Waals surface area contributed by atoms with Crippen LogP contribution in [0.15, 0.2) is 30.3 Å². The third-order valence-corrected chi connectivity index (χ3v) is 3.60. The zero-order chi connectivity index (χ0) is 15.8. The Balaban J connectivity index is 1.54. The van der Waals surface area contributed by atoms with E-state index in [1.54, 1.807) is 6.92 Å². The number of hydrogen-bond donors (Lipinski definition) is 2. The Morgan fingerprint density at radius 3 is 2.55 bits per heavy atom. The van der Waals surface area contributed by atoms with E-state index < -0.39 is 6.10 Å². The van der Waals surface area contributed by atoms with Crippen molar-refractivity contribution in [3.05, 3.63) is 35.9 Å². The third-order valence-electron chi connectivity index (χ3n) is 3.60. The van der Waals surface area contributed by atoms with Gasteiger partial charge in [0.15, 0.2) is 0 Å². The molecule has 2 amide bonds. The molecule has 120 valence electrons. The molecule has 1 atom stereocenters. The van der Waals surface area contributed by atoms with Gasteiger partial charge in [-0.2, -0.15) is 0 Å². The molecule has 1 aliphatic rings.